The molecular formula is C17H17NO3. The van der Waals surface area contributed by atoms with Crippen molar-refractivity contribution in [3.63, 3.8) is 0 Å². The topological polar surface area (TPSA) is 47.6 Å². The normalized spacial score (nSPS) is 15.6. The van der Waals surface area contributed by atoms with Crippen LogP contribution in [-0.2, 0) is 14.3 Å². The van der Waals surface area contributed by atoms with E-state index >= 15 is 0 Å². The largest absolute Gasteiger partial charge is 0.494 e. The number of nitrogens with one attached hydrogen (secondary N) is 1. The number of ether oxygens (including phenoxy) is 2. The van der Waals surface area contributed by atoms with Gasteiger partial charge in [-0.05, 0) is 23.3 Å². The van der Waals surface area contributed by atoms with Gasteiger partial charge in [0, 0.05) is 0 Å². The summed E-state index contributed by atoms with van der Waals surface area (Å²) in [6.45, 7) is 2.85. The van der Waals surface area contributed by atoms with Gasteiger partial charge in [-0.2, -0.15) is 0 Å². The second-order valence-electron chi connectivity index (χ2n) is 4.96. The third-order valence-electron chi connectivity index (χ3n) is 3.51. The Morgan fingerprint density at radius 1 is 1.14 bits per heavy atom. The molecule has 3 rings (SSSR count). The molecule has 0 spiro atoms. The van der Waals surface area contributed by atoms with Crippen LogP contribution in [0.15, 0.2) is 54.5 Å². The Hall–Kier alpha value is -2.49. The van der Waals surface area contributed by atoms with Gasteiger partial charge in [0.2, 0.25) is 5.76 Å². The maximum atomic E-state index is 12.1. The minimum absolute atomic E-state index is 0.116. The van der Waals surface area contributed by atoms with Crippen LogP contribution in [-0.4, -0.2) is 19.1 Å². The van der Waals surface area contributed by atoms with Gasteiger partial charge in [0.15, 0.2) is 0 Å². The van der Waals surface area contributed by atoms with E-state index in [0.29, 0.717) is 13.2 Å². The van der Waals surface area contributed by atoms with E-state index in [1.807, 2.05) is 31.2 Å². The number of fused-ring (bicyclic) bond motifs is 1. The maximum absolute atomic E-state index is 12.1. The highest BCUT2D eigenvalue weighted by molar-refractivity contribution is 5.92. The maximum Gasteiger partial charge on any atom is 0.290 e. The van der Waals surface area contributed by atoms with E-state index in [1.165, 1.54) is 6.26 Å². The molecule has 21 heavy (non-hydrogen) atoms. The molecule has 0 aliphatic carbocycles. The van der Waals surface area contributed by atoms with Crippen molar-refractivity contribution in [3.8, 4) is 0 Å². The number of benzene rings is 2. The van der Waals surface area contributed by atoms with Crippen LogP contribution in [0.3, 0.4) is 0 Å². The summed E-state index contributed by atoms with van der Waals surface area (Å²) in [5, 5.41) is 5.25. The third-order valence-corrected chi connectivity index (χ3v) is 3.51. The first kappa shape index (κ1) is 13.5. The molecule has 108 valence electrons. The second kappa shape index (κ2) is 5.87. The lowest BCUT2D eigenvalue weighted by atomic mass is 10.00. The minimum atomic E-state index is -0.255. The van der Waals surface area contributed by atoms with Crippen LogP contribution in [0.25, 0.3) is 10.8 Å². The van der Waals surface area contributed by atoms with Crippen LogP contribution in [0.1, 0.15) is 18.5 Å². The summed E-state index contributed by atoms with van der Waals surface area (Å²) in [6, 6.07) is 14.1. The number of hydrogen-bond donors (Lipinski definition) is 1. The SMILES string of the molecule is CC(NC(=O)C1=COCCO1)c1cccc2ccccc12. The molecule has 0 saturated heterocycles. The van der Waals surface area contributed by atoms with Gasteiger partial charge in [0.05, 0.1) is 6.04 Å². The number of carbonyl (C=O) groups excluding carboxylic acids is 1. The van der Waals surface area contributed by atoms with Crippen molar-refractivity contribution in [1.29, 1.82) is 0 Å². The lowest BCUT2D eigenvalue weighted by molar-refractivity contribution is -0.122. The Kier molecular flexibility index (Phi) is 3.77. The summed E-state index contributed by atoms with van der Waals surface area (Å²) in [5.74, 6) is -0.0246. The highest BCUT2D eigenvalue weighted by Crippen LogP contribution is 2.24. The number of carbonyl (C=O) groups is 1. The van der Waals surface area contributed by atoms with E-state index in [9.17, 15) is 4.79 Å². The van der Waals surface area contributed by atoms with E-state index in [4.69, 9.17) is 9.47 Å². The lowest BCUT2D eigenvalue weighted by Crippen LogP contribution is -2.30. The van der Waals surface area contributed by atoms with E-state index in [0.717, 1.165) is 16.3 Å². The fourth-order valence-electron chi connectivity index (χ4n) is 2.46. The van der Waals surface area contributed by atoms with Crippen molar-refractivity contribution in [2.24, 2.45) is 0 Å². The zero-order chi connectivity index (χ0) is 14.7. The van der Waals surface area contributed by atoms with Crippen LogP contribution < -0.4 is 5.32 Å². The predicted octanol–water partition coefficient (Wildman–Crippen LogP) is 2.91. The molecule has 4 heteroatoms. The van der Waals surface area contributed by atoms with Gasteiger partial charge in [-0.3, -0.25) is 4.79 Å². The number of amides is 1. The molecule has 1 aliphatic rings. The monoisotopic (exact) mass is 283 g/mol. The van der Waals surface area contributed by atoms with Gasteiger partial charge in [-0.25, -0.2) is 0 Å². The molecule has 4 nitrogen and oxygen atoms in total. The summed E-state index contributed by atoms with van der Waals surface area (Å²) >= 11 is 0. The van der Waals surface area contributed by atoms with E-state index in [2.05, 4.69) is 23.5 Å². The van der Waals surface area contributed by atoms with Gasteiger partial charge < -0.3 is 14.8 Å². The van der Waals surface area contributed by atoms with Crippen LogP contribution >= 0.6 is 0 Å². The molecule has 1 atom stereocenters. The van der Waals surface area contributed by atoms with Crippen molar-refractivity contribution in [2.75, 3.05) is 13.2 Å². The fourth-order valence-corrected chi connectivity index (χ4v) is 2.46. The molecule has 1 unspecified atom stereocenters. The molecular weight excluding hydrogens is 266 g/mol. The number of hydrogen-bond acceptors (Lipinski definition) is 3. The van der Waals surface area contributed by atoms with Crippen molar-refractivity contribution in [2.45, 2.75) is 13.0 Å². The Bertz CT molecular complexity index is 688. The van der Waals surface area contributed by atoms with Crippen LogP contribution in [0, 0.1) is 0 Å². The average molecular weight is 283 g/mol. The molecule has 2 aromatic carbocycles. The summed E-state index contributed by atoms with van der Waals surface area (Å²) in [7, 11) is 0. The van der Waals surface area contributed by atoms with E-state index < -0.39 is 0 Å². The molecule has 2 aromatic rings. The molecule has 0 aromatic heterocycles. The fraction of sp³-hybridized carbons (Fsp3) is 0.235. The average Bonchev–Trinajstić information content (AvgIpc) is 2.55. The van der Waals surface area contributed by atoms with Gasteiger partial charge in [-0.15, -0.1) is 0 Å². The summed E-state index contributed by atoms with van der Waals surface area (Å²) in [6.07, 6.45) is 1.37. The summed E-state index contributed by atoms with van der Waals surface area (Å²) < 4.78 is 10.4. The summed E-state index contributed by atoms with van der Waals surface area (Å²) in [4.78, 5) is 12.1. The highest BCUT2D eigenvalue weighted by Gasteiger charge is 2.18. The Morgan fingerprint density at radius 2 is 1.95 bits per heavy atom. The van der Waals surface area contributed by atoms with Crippen LogP contribution in [0.5, 0.6) is 0 Å². The van der Waals surface area contributed by atoms with Crippen molar-refractivity contribution < 1.29 is 14.3 Å². The van der Waals surface area contributed by atoms with Crippen molar-refractivity contribution in [3.05, 3.63) is 60.0 Å². The molecule has 1 aliphatic heterocycles. The Labute approximate surface area is 123 Å². The minimum Gasteiger partial charge on any atom is -0.494 e. The molecule has 1 amide bonds. The summed E-state index contributed by atoms with van der Waals surface area (Å²) in [5.41, 5.74) is 1.08. The second-order valence-corrected chi connectivity index (χ2v) is 4.96. The molecule has 1 heterocycles. The third kappa shape index (κ3) is 2.84. The first-order chi connectivity index (χ1) is 10.3. The van der Waals surface area contributed by atoms with Gasteiger partial charge in [0.1, 0.15) is 19.5 Å². The van der Waals surface area contributed by atoms with Crippen LogP contribution in [0.4, 0.5) is 0 Å². The first-order valence-electron chi connectivity index (χ1n) is 6.99. The molecule has 1 N–H and O–H groups in total. The molecule has 0 bridgehead atoms. The molecule has 0 radical (unpaired) electrons. The van der Waals surface area contributed by atoms with Gasteiger partial charge in [-0.1, -0.05) is 42.5 Å². The van der Waals surface area contributed by atoms with Crippen molar-refractivity contribution in [1.82, 2.24) is 5.32 Å². The van der Waals surface area contributed by atoms with Crippen molar-refractivity contribution >= 4 is 16.7 Å². The van der Waals surface area contributed by atoms with E-state index in [-0.39, 0.29) is 17.7 Å². The Balaban J connectivity index is 1.82. The standard InChI is InChI=1S/C17H17NO3/c1-12(18-17(19)16-11-20-9-10-21-16)14-8-4-6-13-5-2-3-7-15(13)14/h2-8,11-12H,9-10H2,1H3,(H,18,19). The first-order valence-corrected chi connectivity index (χ1v) is 6.99. The number of rotatable bonds is 3. The predicted molar refractivity (Wildman–Crippen MR) is 80.5 cm³/mol. The molecule has 0 saturated carbocycles. The quantitative estimate of drug-likeness (QED) is 0.942. The van der Waals surface area contributed by atoms with Gasteiger partial charge in [0.25, 0.3) is 5.91 Å². The Morgan fingerprint density at radius 3 is 2.76 bits per heavy atom. The molecule has 0 fully saturated rings. The highest BCUT2D eigenvalue weighted by atomic mass is 16.6. The van der Waals surface area contributed by atoms with E-state index in [1.54, 1.807) is 0 Å². The lowest BCUT2D eigenvalue weighted by Gasteiger charge is -2.19. The smallest absolute Gasteiger partial charge is 0.290 e. The van der Waals surface area contributed by atoms with Gasteiger partial charge >= 0.3 is 0 Å². The van der Waals surface area contributed by atoms with Crippen LogP contribution in [0.2, 0.25) is 0 Å². The zero-order valence-electron chi connectivity index (χ0n) is 11.8. The zero-order valence-corrected chi connectivity index (χ0v) is 11.8.